The number of benzene rings is 3. The SMILES string of the molecule is CN(Cc1ccccc1)S(=O)(=O)c1ccc(NC(=O)C2COc3ccccc3O2)cc1. The van der Waals surface area contributed by atoms with Gasteiger partial charge in [0.15, 0.2) is 11.5 Å². The molecule has 1 N–H and O–H groups in total. The maximum Gasteiger partial charge on any atom is 0.269 e. The van der Waals surface area contributed by atoms with Crippen LogP contribution in [0.4, 0.5) is 5.69 Å². The van der Waals surface area contributed by atoms with Gasteiger partial charge in [-0.3, -0.25) is 4.79 Å². The van der Waals surface area contributed by atoms with Crippen LogP contribution in [-0.4, -0.2) is 38.4 Å². The lowest BCUT2D eigenvalue weighted by atomic mass is 10.2. The third-order valence-electron chi connectivity index (χ3n) is 4.88. The van der Waals surface area contributed by atoms with Crippen LogP contribution in [0.2, 0.25) is 0 Å². The molecule has 1 atom stereocenters. The fraction of sp³-hybridized carbons (Fsp3) is 0.174. The lowest BCUT2D eigenvalue weighted by Gasteiger charge is -2.25. The number of sulfonamides is 1. The zero-order chi connectivity index (χ0) is 21.8. The van der Waals surface area contributed by atoms with Crippen LogP contribution in [0.1, 0.15) is 5.56 Å². The number of carbonyl (C=O) groups excluding carboxylic acids is 1. The Balaban J connectivity index is 1.40. The Bertz CT molecular complexity index is 1160. The quantitative estimate of drug-likeness (QED) is 0.638. The van der Waals surface area contributed by atoms with Crippen LogP contribution in [0.5, 0.6) is 11.5 Å². The van der Waals surface area contributed by atoms with Crippen molar-refractivity contribution in [2.24, 2.45) is 0 Å². The van der Waals surface area contributed by atoms with E-state index in [1.165, 1.54) is 23.5 Å². The van der Waals surface area contributed by atoms with E-state index < -0.39 is 16.1 Å². The highest BCUT2D eigenvalue weighted by atomic mass is 32.2. The molecule has 0 saturated carbocycles. The Morgan fingerprint density at radius 2 is 1.61 bits per heavy atom. The fourth-order valence-electron chi connectivity index (χ4n) is 3.19. The summed E-state index contributed by atoms with van der Waals surface area (Å²) in [4.78, 5) is 12.7. The van der Waals surface area contributed by atoms with Gasteiger partial charge in [0.25, 0.3) is 5.91 Å². The molecule has 1 aliphatic heterocycles. The molecule has 1 heterocycles. The number of anilines is 1. The molecule has 3 aromatic rings. The number of nitrogens with zero attached hydrogens (tertiary/aromatic N) is 1. The van der Waals surface area contributed by atoms with Crippen molar-refractivity contribution in [2.45, 2.75) is 17.5 Å². The molecule has 0 spiro atoms. The molecule has 1 aliphatic rings. The van der Waals surface area contributed by atoms with Gasteiger partial charge in [0.05, 0.1) is 4.90 Å². The minimum Gasteiger partial charge on any atom is -0.485 e. The predicted octanol–water partition coefficient (Wildman–Crippen LogP) is 3.29. The number of amides is 1. The van der Waals surface area contributed by atoms with E-state index in [0.717, 1.165) is 5.56 Å². The molecule has 160 valence electrons. The van der Waals surface area contributed by atoms with Crippen molar-refractivity contribution in [1.82, 2.24) is 4.31 Å². The van der Waals surface area contributed by atoms with Gasteiger partial charge in [-0.05, 0) is 42.0 Å². The Kier molecular flexibility index (Phi) is 5.92. The largest absolute Gasteiger partial charge is 0.485 e. The van der Waals surface area contributed by atoms with Crippen molar-refractivity contribution in [3.63, 3.8) is 0 Å². The number of ether oxygens (including phenoxy) is 2. The molecule has 31 heavy (non-hydrogen) atoms. The zero-order valence-electron chi connectivity index (χ0n) is 16.9. The average molecular weight is 439 g/mol. The van der Waals surface area contributed by atoms with Gasteiger partial charge in [-0.1, -0.05) is 42.5 Å². The minimum atomic E-state index is -3.66. The standard InChI is InChI=1S/C23H22N2O5S/c1-25(15-17-7-3-2-4-8-17)31(27,28)19-13-11-18(12-14-19)24-23(26)22-16-29-20-9-5-6-10-21(20)30-22/h2-14,22H,15-16H2,1H3,(H,24,26). The van der Waals surface area contributed by atoms with Gasteiger partial charge in [-0.25, -0.2) is 8.42 Å². The van der Waals surface area contributed by atoms with E-state index in [9.17, 15) is 13.2 Å². The summed E-state index contributed by atoms with van der Waals surface area (Å²) in [5.41, 5.74) is 1.37. The molecular weight excluding hydrogens is 416 g/mol. The molecule has 3 aromatic carbocycles. The second-order valence-electron chi connectivity index (χ2n) is 7.12. The van der Waals surface area contributed by atoms with Crippen molar-refractivity contribution < 1.29 is 22.7 Å². The molecule has 0 radical (unpaired) electrons. The van der Waals surface area contributed by atoms with E-state index in [-0.39, 0.29) is 24.0 Å². The smallest absolute Gasteiger partial charge is 0.269 e. The first-order valence-electron chi connectivity index (χ1n) is 9.73. The Morgan fingerprint density at radius 3 is 2.32 bits per heavy atom. The fourth-order valence-corrected chi connectivity index (χ4v) is 4.35. The number of carbonyl (C=O) groups is 1. The van der Waals surface area contributed by atoms with Crippen molar-refractivity contribution in [1.29, 1.82) is 0 Å². The highest BCUT2D eigenvalue weighted by Gasteiger charge is 2.27. The molecule has 0 aliphatic carbocycles. The maximum atomic E-state index is 12.8. The van der Waals surface area contributed by atoms with Crippen LogP contribution in [-0.2, 0) is 21.4 Å². The van der Waals surface area contributed by atoms with Crippen molar-refractivity contribution >= 4 is 21.6 Å². The van der Waals surface area contributed by atoms with Crippen LogP contribution in [0.3, 0.4) is 0 Å². The summed E-state index contributed by atoms with van der Waals surface area (Å²) >= 11 is 0. The molecule has 8 heteroatoms. The van der Waals surface area contributed by atoms with E-state index in [2.05, 4.69) is 5.32 Å². The zero-order valence-corrected chi connectivity index (χ0v) is 17.7. The van der Waals surface area contributed by atoms with Crippen LogP contribution in [0.25, 0.3) is 0 Å². The summed E-state index contributed by atoms with van der Waals surface area (Å²) in [6, 6.07) is 22.6. The van der Waals surface area contributed by atoms with E-state index >= 15 is 0 Å². The molecule has 1 amide bonds. The highest BCUT2D eigenvalue weighted by molar-refractivity contribution is 7.89. The number of hydrogen-bond donors (Lipinski definition) is 1. The van der Waals surface area contributed by atoms with Crippen LogP contribution in [0, 0.1) is 0 Å². The van der Waals surface area contributed by atoms with Crippen molar-refractivity contribution in [3.8, 4) is 11.5 Å². The van der Waals surface area contributed by atoms with Crippen molar-refractivity contribution in [3.05, 3.63) is 84.4 Å². The lowest BCUT2D eigenvalue weighted by molar-refractivity contribution is -0.125. The van der Waals surface area contributed by atoms with Crippen LogP contribution < -0.4 is 14.8 Å². The molecule has 1 unspecified atom stereocenters. The first kappa shape index (κ1) is 20.9. The van der Waals surface area contributed by atoms with Gasteiger partial charge < -0.3 is 14.8 Å². The normalized spacial score (nSPS) is 15.5. The second kappa shape index (κ2) is 8.79. The molecular formula is C23H22N2O5S. The summed E-state index contributed by atoms with van der Waals surface area (Å²) in [5.74, 6) is 0.740. The molecule has 0 fully saturated rings. The van der Waals surface area contributed by atoms with E-state index in [1.54, 1.807) is 30.3 Å². The second-order valence-corrected chi connectivity index (χ2v) is 9.17. The van der Waals surface area contributed by atoms with Gasteiger partial charge in [0, 0.05) is 19.3 Å². The summed E-state index contributed by atoms with van der Waals surface area (Å²) in [6.45, 7) is 0.363. The molecule has 7 nitrogen and oxygen atoms in total. The lowest BCUT2D eigenvalue weighted by Crippen LogP contribution is -2.40. The summed E-state index contributed by atoms with van der Waals surface area (Å²) < 4.78 is 38.2. The number of fused-ring (bicyclic) bond motifs is 1. The molecule has 4 rings (SSSR count). The van der Waals surface area contributed by atoms with E-state index in [1.807, 2.05) is 36.4 Å². The monoisotopic (exact) mass is 438 g/mol. The first-order valence-corrected chi connectivity index (χ1v) is 11.2. The van der Waals surface area contributed by atoms with Crippen molar-refractivity contribution in [2.75, 3.05) is 19.0 Å². The minimum absolute atomic E-state index is 0.0968. The Labute approximate surface area is 181 Å². The average Bonchev–Trinajstić information content (AvgIpc) is 2.79. The van der Waals surface area contributed by atoms with Gasteiger partial charge in [-0.2, -0.15) is 4.31 Å². The molecule has 0 aromatic heterocycles. The van der Waals surface area contributed by atoms with Gasteiger partial charge >= 0.3 is 0 Å². The van der Waals surface area contributed by atoms with E-state index in [4.69, 9.17) is 9.47 Å². The highest BCUT2D eigenvalue weighted by Crippen LogP contribution is 2.31. The number of rotatable bonds is 6. The topological polar surface area (TPSA) is 84.9 Å². The predicted molar refractivity (Wildman–Crippen MR) is 117 cm³/mol. The first-order chi connectivity index (χ1) is 14.9. The Morgan fingerprint density at radius 1 is 0.968 bits per heavy atom. The van der Waals surface area contributed by atoms with Gasteiger partial charge in [-0.15, -0.1) is 0 Å². The molecule has 0 bridgehead atoms. The van der Waals surface area contributed by atoms with Gasteiger partial charge in [0.2, 0.25) is 16.1 Å². The summed E-state index contributed by atoms with van der Waals surface area (Å²) in [7, 11) is -2.12. The number of nitrogens with one attached hydrogen (secondary N) is 1. The molecule has 0 saturated heterocycles. The maximum absolute atomic E-state index is 12.8. The Hall–Kier alpha value is -3.36. The third kappa shape index (κ3) is 4.70. The van der Waals surface area contributed by atoms with Crippen LogP contribution >= 0.6 is 0 Å². The van der Waals surface area contributed by atoms with E-state index in [0.29, 0.717) is 17.2 Å². The summed E-state index contributed by atoms with van der Waals surface area (Å²) in [5, 5.41) is 2.74. The summed E-state index contributed by atoms with van der Waals surface area (Å²) in [6.07, 6.45) is -0.796. The van der Waals surface area contributed by atoms with Gasteiger partial charge in [0.1, 0.15) is 6.61 Å². The van der Waals surface area contributed by atoms with Crippen LogP contribution in [0.15, 0.2) is 83.8 Å². The third-order valence-corrected chi connectivity index (χ3v) is 6.70. The number of hydrogen-bond acceptors (Lipinski definition) is 5. The number of para-hydroxylation sites is 2.